The molecule has 1 N–H and O–H groups in total. The van der Waals surface area contributed by atoms with Crippen LogP contribution in [-0.2, 0) is 25.8 Å². The van der Waals surface area contributed by atoms with Gasteiger partial charge in [0.25, 0.3) is 5.91 Å². The molecule has 1 aromatic heterocycles. The monoisotopic (exact) mass is 624 g/mol. The summed E-state index contributed by atoms with van der Waals surface area (Å²) in [6.07, 6.45) is 8.71. The van der Waals surface area contributed by atoms with Crippen LogP contribution in [0.3, 0.4) is 0 Å². The summed E-state index contributed by atoms with van der Waals surface area (Å²) in [6, 6.07) is 15.2. The van der Waals surface area contributed by atoms with Crippen LogP contribution < -0.4 is 4.90 Å². The third-order valence-corrected chi connectivity index (χ3v) is 10.6. The lowest BCUT2D eigenvalue weighted by Gasteiger charge is -2.42. The molecule has 3 amide bonds. The summed E-state index contributed by atoms with van der Waals surface area (Å²) in [5.41, 5.74) is -0.295. The lowest BCUT2D eigenvalue weighted by Crippen LogP contribution is -2.60. The molecule has 46 heavy (non-hydrogen) atoms. The van der Waals surface area contributed by atoms with Gasteiger partial charge in [0, 0.05) is 18.8 Å². The van der Waals surface area contributed by atoms with Gasteiger partial charge in [-0.15, -0.1) is 5.10 Å². The molecule has 0 bridgehead atoms. The zero-order chi connectivity index (χ0) is 32.2. The van der Waals surface area contributed by atoms with Crippen LogP contribution in [0.5, 0.6) is 0 Å². The Morgan fingerprint density at radius 1 is 0.935 bits per heavy atom. The summed E-state index contributed by atoms with van der Waals surface area (Å²) in [5, 5.41) is 19.3. The number of hydrogen-bond donors (Lipinski definition) is 1. The number of rotatable bonds is 8. The Labute approximate surface area is 268 Å². The summed E-state index contributed by atoms with van der Waals surface area (Å²) in [7, 11) is 0. The fourth-order valence-corrected chi connectivity index (χ4v) is 8.07. The van der Waals surface area contributed by atoms with Crippen molar-refractivity contribution in [1.29, 1.82) is 0 Å². The number of amides is 3. The van der Waals surface area contributed by atoms with Gasteiger partial charge in [-0.2, -0.15) is 0 Å². The fourth-order valence-electron chi connectivity index (χ4n) is 8.07. The number of carbonyl (C=O) groups is 3. The van der Waals surface area contributed by atoms with Gasteiger partial charge in [-0.05, 0) is 36.6 Å². The average Bonchev–Trinajstić information content (AvgIpc) is 3.62. The van der Waals surface area contributed by atoms with Gasteiger partial charge in [0.1, 0.15) is 23.8 Å². The summed E-state index contributed by atoms with van der Waals surface area (Å²) < 4.78 is 8.79. The highest BCUT2D eigenvalue weighted by atomic mass is 16.5. The van der Waals surface area contributed by atoms with Crippen LogP contribution in [0.15, 0.2) is 78.9 Å². The number of aliphatic hydroxyl groups excluding tert-OH is 1. The van der Waals surface area contributed by atoms with Crippen LogP contribution in [0.4, 0.5) is 5.69 Å². The maximum absolute atomic E-state index is 14.9. The van der Waals surface area contributed by atoms with Crippen LogP contribution in [0.2, 0.25) is 0 Å². The van der Waals surface area contributed by atoms with Gasteiger partial charge in [0.15, 0.2) is 0 Å². The number of likely N-dealkylation sites (tertiary alicyclic amines) is 1. The Bertz CT molecular complexity index is 1720. The Morgan fingerprint density at radius 2 is 1.67 bits per heavy atom. The molecule has 240 valence electrons. The van der Waals surface area contributed by atoms with E-state index in [1.165, 1.54) is 0 Å². The van der Waals surface area contributed by atoms with Crippen molar-refractivity contribution in [1.82, 2.24) is 24.8 Å². The van der Waals surface area contributed by atoms with E-state index in [1.807, 2.05) is 99.7 Å². The van der Waals surface area contributed by atoms with Crippen molar-refractivity contribution in [3.05, 3.63) is 78.9 Å². The lowest BCUT2D eigenvalue weighted by atomic mass is 9.73. The minimum atomic E-state index is -1.42. The van der Waals surface area contributed by atoms with Crippen molar-refractivity contribution in [2.45, 2.75) is 63.6 Å². The molecule has 0 saturated carbocycles. The first-order chi connectivity index (χ1) is 22.3. The van der Waals surface area contributed by atoms with Gasteiger partial charge in [-0.1, -0.05) is 87.0 Å². The number of aromatic nitrogens is 3. The zero-order valence-electron chi connectivity index (χ0n) is 26.4. The number of hydrogen-bond acceptors (Lipinski definition) is 7. The number of ether oxygens (including phenoxy) is 1. The highest BCUT2D eigenvalue weighted by molar-refractivity contribution is 6.04. The second-order valence-corrected chi connectivity index (χ2v) is 12.9. The van der Waals surface area contributed by atoms with Crippen molar-refractivity contribution >= 4 is 34.4 Å². The first-order valence-electron chi connectivity index (χ1n) is 16.2. The molecule has 2 saturated heterocycles. The van der Waals surface area contributed by atoms with E-state index in [9.17, 15) is 19.5 Å². The number of anilines is 1. The maximum Gasteiger partial charge on any atom is 0.250 e. The third-order valence-electron chi connectivity index (χ3n) is 10.6. The molecular weight excluding hydrogens is 584 g/mol. The van der Waals surface area contributed by atoms with E-state index in [-0.39, 0.29) is 43.5 Å². The maximum atomic E-state index is 14.9. The Balaban J connectivity index is 1.36. The zero-order valence-corrected chi connectivity index (χ0v) is 26.4. The second-order valence-electron chi connectivity index (χ2n) is 12.9. The fraction of sp³-hybridized carbons (Fsp3) is 0.457. The van der Waals surface area contributed by atoms with E-state index in [0.29, 0.717) is 24.9 Å². The van der Waals surface area contributed by atoms with E-state index in [4.69, 9.17) is 4.74 Å². The number of fused-ring (bicyclic) bond motifs is 3. The molecule has 4 aliphatic rings. The van der Waals surface area contributed by atoms with E-state index in [2.05, 4.69) is 10.3 Å². The highest BCUT2D eigenvalue weighted by Gasteiger charge is 2.76. The van der Waals surface area contributed by atoms with Gasteiger partial charge in [0.2, 0.25) is 11.8 Å². The molecule has 11 nitrogen and oxygen atoms in total. The molecule has 7 atom stereocenters. The van der Waals surface area contributed by atoms with Crippen molar-refractivity contribution in [2.75, 3.05) is 24.6 Å². The van der Waals surface area contributed by atoms with Gasteiger partial charge >= 0.3 is 0 Å². The van der Waals surface area contributed by atoms with E-state index >= 15 is 0 Å². The van der Waals surface area contributed by atoms with Crippen LogP contribution in [0, 0.1) is 17.8 Å². The molecule has 5 heterocycles. The number of benzene rings is 2. The Hall–Kier alpha value is -4.35. The first-order valence-corrected chi connectivity index (χ1v) is 16.2. The predicted molar refractivity (Wildman–Crippen MR) is 171 cm³/mol. The lowest BCUT2D eigenvalue weighted by molar-refractivity contribution is -0.157. The molecule has 0 radical (unpaired) electrons. The molecule has 1 unspecified atom stereocenters. The van der Waals surface area contributed by atoms with Gasteiger partial charge < -0.3 is 24.5 Å². The van der Waals surface area contributed by atoms with E-state index in [1.54, 1.807) is 19.4 Å². The number of carbonyl (C=O) groups excluding carboxylic acids is 3. The minimum absolute atomic E-state index is 0.110. The van der Waals surface area contributed by atoms with Crippen molar-refractivity contribution < 1.29 is 24.2 Å². The highest BCUT2D eigenvalue weighted by Crippen LogP contribution is 2.59. The van der Waals surface area contributed by atoms with Crippen LogP contribution in [-0.4, -0.2) is 90.6 Å². The molecule has 11 heteroatoms. The first kappa shape index (κ1) is 30.3. The van der Waals surface area contributed by atoms with Crippen molar-refractivity contribution in [2.24, 2.45) is 17.8 Å². The van der Waals surface area contributed by atoms with E-state index < -0.39 is 35.1 Å². The van der Waals surface area contributed by atoms with Gasteiger partial charge in [-0.3, -0.25) is 14.4 Å². The normalized spacial score (nSPS) is 30.3. The van der Waals surface area contributed by atoms with Crippen molar-refractivity contribution in [3.8, 4) is 0 Å². The molecule has 0 aliphatic carbocycles. The van der Waals surface area contributed by atoms with Crippen LogP contribution >= 0.6 is 0 Å². The number of para-hydroxylation sites is 2. The quantitative estimate of drug-likeness (QED) is 0.383. The van der Waals surface area contributed by atoms with E-state index in [0.717, 1.165) is 11.2 Å². The average molecular weight is 625 g/mol. The molecule has 4 aliphatic heterocycles. The predicted octanol–water partition coefficient (Wildman–Crippen LogP) is 3.16. The van der Waals surface area contributed by atoms with Crippen LogP contribution in [0.25, 0.3) is 11.0 Å². The van der Waals surface area contributed by atoms with Gasteiger partial charge in [-0.25, -0.2) is 4.68 Å². The number of nitrogens with zero attached hydrogens (tertiary/aromatic N) is 6. The SMILES string of the molecule is CC[C@H](C)[C@H](CO)N1C(=O)[C@@H]2[C@@H]3C(=O)N(c4ccccc4)CC=C[C@]3(CC)O[C@@]23C=CCN(Cn2nnc4ccccc42)C(=O)C13. The van der Waals surface area contributed by atoms with Crippen molar-refractivity contribution in [3.63, 3.8) is 0 Å². The van der Waals surface area contributed by atoms with Gasteiger partial charge in [0.05, 0.1) is 35.6 Å². The molecule has 7 rings (SSSR count). The molecule has 2 aromatic carbocycles. The number of aliphatic hydroxyl groups is 1. The molecule has 2 fully saturated rings. The minimum Gasteiger partial charge on any atom is -0.394 e. The molecule has 3 aromatic rings. The smallest absolute Gasteiger partial charge is 0.250 e. The third kappa shape index (κ3) is 4.35. The molecular formula is C35H40N6O5. The summed E-state index contributed by atoms with van der Waals surface area (Å²) in [4.78, 5) is 49.5. The summed E-state index contributed by atoms with van der Waals surface area (Å²) in [5.74, 6) is -2.83. The summed E-state index contributed by atoms with van der Waals surface area (Å²) in [6.45, 7) is 6.30. The largest absolute Gasteiger partial charge is 0.394 e. The Kier molecular flexibility index (Phi) is 7.56. The van der Waals surface area contributed by atoms with Crippen LogP contribution in [0.1, 0.15) is 33.6 Å². The molecule has 1 spiro atoms. The summed E-state index contributed by atoms with van der Waals surface area (Å²) >= 11 is 0. The second kappa shape index (κ2) is 11.5. The topological polar surface area (TPSA) is 121 Å². The Morgan fingerprint density at radius 3 is 2.41 bits per heavy atom. The standard InChI is InChI=1S/C35H40N6O5/c1-4-23(3)27(21-42)41-30-33(45)38(22-40-26-16-10-9-15-25(26)36-37-40)19-12-18-35(30)29(32(41)44)28-31(43)39(24-13-7-6-8-14-24)20-11-17-34(28,5-2)46-35/h6-18,23,27-30,42H,4-5,19-22H2,1-3H3/t23-,27-,28+,29-,30?,34-,35-/m0/s1.